The van der Waals surface area contributed by atoms with Crippen LogP contribution in [-0.4, -0.2) is 44.1 Å². The van der Waals surface area contributed by atoms with Gasteiger partial charge in [-0.2, -0.15) is 0 Å². The Labute approximate surface area is 196 Å². The van der Waals surface area contributed by atoms with Crippen molar-refractivity contribution in [2.75, 3.05) is 13.1 Å². The normalized spacial score (nSPS) is 18.1. The first-order valence-electron chi connectivity index (χ1n) is 10.1. The molecule has 0 radical (unpaired) electrons. The minimum atomic E-state index is -1.54. The number of phenolic OH excluding ortho intramolecular Hbond substituents is 1. The first-order valence-corrected chi connectivity index (χ1v) is 12.0. The molecule has 0 bridgehead atoms. The summed E-state index contributed by atoms with van der Waals surface area (Å²) in [5, 5.41) is 10.1. The summed E-state index contributed by atoms with van der Waals surface area (Å²) in [5.74, 6) is -1.41. The number of hydrogen-bond acceptors (Lipinski definition) is 5. The number of carbonyl (C=O) groups is 1. The van der Waals surface area contributed by atoms with Gasteiger partial charge in [0.1, 0.15) is 16.1 Å². The summed E-state index contributed by atoms with van der Waals surface area (Å²) in [6, 6.07) is 0.405. The average Bonchev–Trinajstić information content (AvgIpc) is 2.63. The van der Waals surface area contributed by atoms with Crippen LogP contribution in [-0.2, 0) is 16.1 Å². The first kappa shape index (κ1) is 26.3. The van der Waals surface area contributed by atoms with E-state index in [2.05, 4.69) is 4.72 Å². The lowest BCUT2D eigenvalue weighted by Crippen LogP contribution is -2.47. The van der Waals surface area contributed by atoms with Gasteiger partial charge >= 0.3 is 6.09 Å². The molecule has 0 aliphatic carbocycles. The van der Waals surface area contributed by atoms with Crippen LogP contribution in [0.2, 0.25) is 10.0 Å². The van der Waals surface area contributed by atoms with Crippen LogP contribution in [0.15, 0.2) is 6.07 Å². The van der Waals surface area contributed by atoms with Crippen molar-refractivity contribution in [3.63, 3.8) is 0 Å². The Bertz CT molecular complexity index is 806. The maximum Gasteiger partial charge on any atom is 0.410 e. The van der Waals surface area contributed by atoms with Gasteiger partial charge in [0.05, 0.1) is 21.7 Å². The molecule has 1 amide bonds. The van der Waals surface area contributed by atoms with Crippen LogP contribution in [0.1, 0.15) is 66.0 Å². The summed E-state index contributed by atoms with van der Waals surface area (Å²) >= 11 is 10.4. The lowest BCUT2D eigenvalue weighted by atomic mass is 9.85. The summed E-state index contributed by atoms with van der Waals surface area (Å²) in [7, 11) is 0. The van der Waals surface area contributed by atoms with E-state index in [-0.39, 0.29) is 27.3 Å². The largest absolute Gasteiger partial charge is 0.598 e. The lowest BCUT2D eigenvalue weighted by Gasteiger charge is -2.38. The zero-order chi connectivity index (χ0) is 23.7. The van der Waals surface area contributed by atoms with Crippen LogP contribution in [0.5, 0.6) is 5.75 Å². The summed E-state index contributed by atoms with van der Waals surface area (Å²) in [6.45, 7) is 11.6. The van der Waals surface area contributed by atoms with E-state index in [1.165, 1.54) is 6.07 Å². The van der Waals surface area contributed by atoms with Gasteiger partial charge < -0.3 is 19.3 Å². The van der Waals surface area contributed by atoms with Gasteiger partial charge in [0.2, 0.25) is 0 Å². The monoisotopic (exact) mass is 496 g/mol. The number of nitrogens with one attached hydrogen (secondary N) is 1. The van der Waals surface area contributed by atoms with Crippen molar-refractivity contribution in [1.29, 1.82) is 0 Å². The molecule has 2 unspecified atom stereocenters. The third-order valence-electron chi connectivity index (χ3n) is 4.94. The van der Waals surface area contributed by atoms with Crippen molar-refractivity contribution in [1.82, 2.24) is 9.62 Å². The van der Waals surface area contributed by atoms with Crippen molar-refractivity contribution in [2.45, 2.75) is 70.8 Å². The molecule has 2 atom stereocenters. The fourth-order valence-corrected chi connectivity index (χ4v) is 4.55. The molecule has 10 heteroatoms. The van der Waals surface area contributed by atoms with Gasteiger partial charge in [-0.3, -0.25) is 0 Å². The van der Waals surface area contributed by atoms with E-state index >= 15 is 4.39 Å². The fourth-order valence-electron chi connectivity index (χ4n) is 3.32. The number of hydrogen-bond donors (Lipinski definition) is 2. The fraction of sp³-hybridized carbons (Fsp3) is 0.667. The van der Waals surface area contributed by atoms with Crippen molar-refractivity contribution in [3.8, 4) is 5.75 Å². The van der Waals surface area contributed by atoms with E-state index in [1.54, 1.807) is 46.4 Å². The predicted octanol–water partition coefficient (Wildman–Crippen LogP) is 5.58. The molecule has 0 aromatic heterocycles. The molecule has 2 rings (SSSR count). The molecule has 0 saturated carbocycles. The maximum absolute atomic E-state index is 15.1. The molecular weight excluding hydrogens is 466 g/mol. The third kappa shape index (κ3) is 6.78. The number of nitrogens with zero attached hydrogens (tertiary/aromatic N) is 1. The Morgan fingerprint density at radius 2 is 1.84 bits per heavy atom. The molecule has 31 heavy (non-hydrogen) atoms. The number of phenols is 1. The minimum absolute atomic E-state index is 0.0669. The number of likely N-dealkylation sites (tertiary alicyclic amines) is 1. The van der Waals surface area contributed by atoms with Gasteiger partial charge in [0, 0.05) is 30.5 Å². The number of piperidine rings is 1. The molecule has 1 fully saturated rings. The van der Waals surface area contributed by atoms with Gasteiger partial charge in [-0.15, -0.1) is 4.72 Å². The van der Waals surface area contributed by atoms with Crippen LogP contribution >= 0.6 is 23.2 Å². The van der Waals surface area contributed by atoms with Gasteiger partial charge in [0.15, 0.2) is 5.82 Å². The van der Waals surface area contributed by atoms with Crippen LogP contribution in [0.25, 0.3) is 0 Å². The van der Waals surface area contributed by atoms with Gasteiger partial charge in [-0.1, -0.05) is 23.2 Å². The van der Waals surface area contributed by atoms with E-state index in [0.717, 1.165) is 0 Å². The predicted molar refractivity (Wildman–Crippen MR) is 122 cm³/mol. The van der Waals surface area contributed by atoms with E-state index in [4.69, 9.17) is 27.9 Å². The van der Waals surface area contributed by atoms with Crippen LogP contribution in [0, 0.1) is 11.7 Å². The Balaban J connectivity index is 2.30. The Morgan fingerprint density at radius 1 is 1.29 bits per heavy atom. The van der Waals surface area contributed by atoms with Gasteiger partial charge in [-0.25, -0.2) is 9.18 Å². The molecule has 1 aliphatic heterocycles. The lowest BCUT2D eigenvalue weighted by molar-refractivity contribution is 0.0171. The topological polar surface area (TPSA) is 84.9 Å². The number of aromatic hydroxyl groups is 1. The number of ether oxygens (including phenoxy) is 1. The van der Waals surface area contributed by atoms with E-state index in [9.17, 15) is 14.5 Å². The number of amides is 1. The quantitative estimate of drug-likeness (QED) is 0.419. The second-order valence-electron chi connectivity index (χ2n) is 9.70. The molecule has 1 aromatic carbocycles. The molecule has 176 valence electrons. The van der Waals surface area contributed by atoms with Crippen molar-refractivity contribution < 1.29 is 23.6 Å². The van der Waals surface area contributed by atoms with Crippen LogP contribution in [0.4, 0.5) is 9.18 Å². The summed E-state index contributed by atoms with van der Waals surface area (Å²) < 4.78 is 35.7. The summed E-state index contributed by atoms with van der Waals surface area (Å²) in [5.41, 5.74) is -0.668. The zero-order valence-corrected chi connectivity index (χ0v) is 21.1. The molecule has 1 saturated heterocycles. The number of carbonyl (C=O) groups excluding carboxylic acids is 1. The number of benzene rings is 1. The average molecular weight is 497 g/mol. The highest BCUT2D eigenvalue weighted by atomic mass is 35.5. The van der Waals surface area contributed by atoms with Crippen LogP contribution in [0.3, 0.4) is 0 Å². The Kier molecular flexibility index (Phi) is 8.42. The third-order valence-corrected chi connectivity index (χ3v) is 7.29. The second-order valence-corrected chi connectivity index (χ2v) is 12.5. The highest BCUT2D eigenvalue weighted by Gasteiger charge is 2.39. The van der Waals surface area contributed by atoms with Crippen molar-refractivity contribution in [3.05, 3.63) is 27.5 Å². The Hall–Kier alpha value is -0.930. The summed E-state index contributed by atoms with van der Waals surface area (Å²) in [4.78, 5) is 14.0. The molecule has 1 heterocycles. The molecular formula is C21H31Cl2FN2O4S. The smallest absolute Gasteiger partial charge is 0.410 e. The molecule has 1 aliphatic rings. The van der Waals surface area contributed by atoms with E-state index < -0.39 is 39.7 Å². The number of rotatable bonds is 4. The van der Waals surface area contributed by atoms with E-state index in [1.807, 2.05) is 0 Å². The van der Waals surface area contributed by atoms with Crippen LogP contribution < -0.4 is 4.72 Å². The van der Waals surface area contributed by atoms with Gasteiger partial charge in [0.25, 0.3) is 0 Å². The Morgan fingerprint density at radius 3 is 2.32 bits per heavy atom. The zero-order valence-electron chi connectivity index (χ0n) is 18.7. The minimum Gasteiger partial charge on any atom is -0.598 e. The highest BCUT2D eigenvalue weighted by Crippen LogP contribution is 2.42. The molecule has 6 nitrogen and oxygen atoms in total. The molecule has 1 aromatic rings. The van der Waals surface area contributed by atoms with Gasteiger partial charge in [-0.05, 0) is 60.3 Å². The highest BCUT2D eigenvalue weighted by molar-refractivity contribution is 7.90. The van der Waals surface area contributed by atoms with Crippen molar-refractivity contribution >= 4 is 40.7 Å². The second kappa shape index (κ2) is 9.91. The first-order chi connectivity index (χ1) is 14.1. The van der Waals surface area contributed by atoms with E-state index in [0.29, 0.717) is 25.9 Å². The SMILES string of the molecule is CC(C)(C)OC(=O)N1CCC(C(N[S+]([O-])C(C)(C)C)c2c(O)cc(Cl)c(Cl)c2F)CC1. The molecule has 0 spiro atoms. The maximum atomic E-state index is 15.1. The molecule has 2 N–H and O–H groups in total. The standard InChI is InChI=1S/C21H31Cl2FN2O4S/c1-20(2,3)30-19(28)26-9-7-12(8-10-26)18(25-31(29)21(4,5)6)15-14(27)11-13(22)16(23)17(15)24/h11-12,18,25,27H,7-10H2,1-6H3. The van der Waals surface area contributed by atoms with Crippen molar-refractivity contribution in [2.24, 2.45) is 5.92 Å². The summed E-state index contributed by atoms with van der Waals surface area (Å²) in [6.07, 6.45) is 0.590. The number of halogens is 3.